The van der Waals surface area contributed by atoms with Crippen LogP contribution in [0.3, 0.4) is 0 Å². The number of hydrogen-bond donors (Lipinski definition) is 0. The van der Waals surface area contributed by atoms with Gasteiger partial charge in [0.2, 0.25) is 0 Å². The first-order valence-corrected chi connectivity index (χ1v) is 11.1. The second-order valence-corrected chi connectivity index (χ2v) is 9.10. The number of carbonyl (C=O) groups excluding carboxylic acids is 2. The van der Waals surface area contributed by atoms with Gasteiger partial charge in [0.15, 0.2) is 5.49 Å². The van der Waals surface area contributed by atoms with Crippen molar-refractivity contribution in [1.82, 2.24) is 14.0 Å². The van der Waals surface area contributed by atoms with Crippen LogP contribution in [-0.2, 0) is 20.8 Å². The highest BCUT2D eigenvalue weighted by molar-refractivity contribution is 5.94. The summed E-state index contributed by atoms with van der Waals surface area (Å²) in [7, 11) is 0. The van der Waals surface area contributed by atoms with Crippen LogP contribution in [0.15, 0.2) is 40.2 Å². The van der Waals surface area contributed by atoms with E-state index in [1.807, 2.05) is 0 Å². The quantitative estimate of drug-likeness (QED) is 0.445. The molecule has 1 aliphatic heterocycles. The number of aromatic nitrogens is 3. The highest BCUT2D eigenvalue weighted by Crippen LogP contribution is 2.19. The van der Waals surface area contributed by atoms with Gasteiger partial charge in [-0.2, -0.15) is 4.99 Å². The van der Waals surface area contributed by atoms with E-state index in [2.05, 4.69) is 4.99 Å². The number of esters is 1. The number of pyridine rings is 2. The molecule has 9 nitrogen and oxygen atoms in total. The third kappa shape index (κ3) is 4.45. The number of carbonyl (C=O) groups is 2. The molecule has 0 saturated carbocycles. The summed E-state index contributed by atoms with van der Waals surface area (Å²) in [5.74, 6) is -1.05. The molecular weight excluding hydrogens is 424 g/mol. The minimum Gasteiger partial charge on any atom is -0.462 e. The molecule has 4 rings (SSSR count). The summed E-state index contributed by atoms with van der Waals surface area (Å²) in [5, 5.41) is 0.238. The van der Waals surface area contributed by atoms with Crippen LogP contribution in [-0.4, -0.2) is 45.1 Å². The molecule has 0 spiro atoms. The monoisotopic (exact) mass is 452 g/mol. The van der Waals surface area contributed by atoms with E-state index >= 15 is 0 Å². The van der Waals surface area contributed by atoms with E-state index in [9.17, 15) is 14.4 Å². The average molecular weight is 453 g/mol. The average Bonchev–Trinajstić information content (AvgIpc) is 3.28. The van der Waals surface area contributed by atoms with E-state index < -0.39 is 17.3 Å². The number of ether oxygens (including phenoxy) is 2. The largest absolute Gasteiger partial charge is 0.462 e. The van der Waals surface area contributed by atoms with Gasteiger partial charge in [0.05, 0.1) is 24.6 Å². The second kappa shape index (κ2) is 8.90. The lowest BCUT2D eigenvalue weighted by molar-refractivity contribution is -0.125. The lowest BCUT2D eigenvalue weighted by atomic mass is 9.96. The number of amides is 1. The molecule has 9 heteroatoms. The maximum Gasteiger partial charge on any atom is 0.341 e. The normalized spacial score (nSPS) is 17.1. The van der Waals surface area contributed by atoms with Crippen molar-refractivity contribution < 1.29 is 19.1 Å². The van der Waals surface area contributed by atoms with Crippen LogP contribution >= 0.6 is 0 Å². The molecule has 3 aromatic heterocycles. The molecule has 1 saturated heterocycles. The van der Waals surface area contributed by atoms with Gasteiger partial charge in [-0.3, -0.25) is 14.0 Å². The van der Waals surface area contributed by atoms with Crippen LogP contribution < -0.4 is 11.0 Å². The smallest absolute Gasteiger partial charge is 0.341 e. The summed E-state index contributed by atoms with van der Waals surface area (Å²) in [6.45, 7) is 8.04. The fraction of sp³-hybridized carbons (Fsp3) is 0.458. The standard InChI is InChI=1S/C24H28N4O5/c1-5-32-22(30)17-13-16-19(25-18-10-6-7-11-27(18)21(16)29)28(14-15-9-8-12-33-15)20(17)26-23(31)24(2,3)4/h6-7,10-11,13,15H,5,8-9,12,14H2,1-4H3. The Balaban J connectivity index is 2.13. The number of rotatable bonds is 4. The summed E-state index contributed by atoms with van der Waals surface area (Å²) in [6.07, 6.45) is 3.20. The van der Waals surface area contributed by atoms with Gasteiger partial charge in [0, 0.05) is 18.2 Å². The van der Waals surface area contributed by atoms with Gasteiger partial charge in [-0.05, 0) is 38.0 Å². The summed E-state index contributed by atoms with van der Waals surface area (Å²) >= 11 is 0. The van der Waals surface area contributed by atoms with Gasteiger partial charge in [0.1, 0.15) is 16.9 Å². The van der Waals surface area contributed by atoms with Crippen molar-refractivity contribution in [2.45, 2.75) is 53.2 Å². The van der Waals surface area contributed by atoms with E-state index in [4.69, 9.17) is 14.5 Å². The first kappa shape index (κ1) is 22.8. The van der Waals surface area contributed by atoms with Crippen molar-refractivity contribution in [2.24, 2.45) is 10.4 Å². The minimum absolute atomic E-state index is 0.0507. The lowest BCUT2D eigenvalue weighted by Gasteiger charge is -2.19. The van der Waals surface area contributed by atoms with Gasteiger partial charge in [-0.1, -0.05) is 26.8 Å². The minimum atomic E-state index is -0.765. The van der Waals surface area contributed by atoms with E-state index in [1.54, 1.807) is 56.7 Å². The molecule has 0 aliphatic carbocycles. The lowest BCUT2D eigenvalue weighted by Crippen LogP contribution is -2.36. The number of hydrogen-bond acceptors (Lipinski definition) is 6. The van der Waals surface area contributed by atoms with Crippen LogP contribution in [0.4, 0.5) is 0 Å². The maximum atomic E-state index is 13.3. The van der Waals surface area contributed by atoms with E-state index in [1.165, 1.54) is 10.5 Å². The van der Waals surface area contributed by atoms with Gasteiger partial charge in [-0.25, -0.2) is 9.78 Å². The highest BCUT2D eigenvalue weighted by Gasteiger charge is 2.26. The molecule has 0 N–H and O–H groups in total. The molecule has 1 aliphatic rings. The summed E-state index contributed by atoms with van der Waals surface area (Å²) in [5.41, 5.74) is -0.114. The van der Waals surface area contributed by atoms with E-state index in [0.717, 1.165) is 12.8 Å². The maximum absolute atomic E-state index is 13.3. The van der Waals surface area contributed by atoms with E-state index in [0.29, 0.717) is 24.4 Å². The van der Waals surface area contributed by atoms with Crippen molar-refractivity contribution in [3.8, 4) is 0 Å². The van der Waals surface area contributed by atoms with Crippen LogP contribution in [0.5, 0.6) is 0 Å². The van der Waals surface area contributed by atoms with Crippen molar-refractivity contribution >= 4 is 28.6 Å². The zero-order chi connectivity index (χ0) is 23.8. The van der Waals surface area contributed by atoms with Crippen LogP contribution in [0.2, 0.25) is 0 Å². The van der Waals surface area contributed by atoms with Crippen LogP contribution in [0, 0.1) is 5.41 Å². The number of nitrogens with zero attached hydrogens (tertiary/aromatic N) is 4. The molecule has 33 heavy (non-hydrogen) atoms. The fourth-order valence-electron chi connectivity index (χ4n) is 3.79. The zero-order valence-corrected chi connectivity index (χ0v) is 19.3. The Morgan fingerprint density at radius 2 is 2.09 bits per heavy atom. The molecule has 0 radical (unpaired) electrons. The van der Waals surface area contributed by atoms with Crippen LogP contribution in [0.25, 0.3) is 16.7 Å². The van der Waals surface area contributed by atoms with Crippen LogP contribution in [0.1, 0.15) is 50.9 Å². The van der Waals surface area contributed by atoms with Gasteiger partial charge in [0.25, 0.3) is 11.5 Å². The number of fused-ring (bicyclic) bond motifs is 2. The SMILES string of the molecule is CCOC(=O)c1cc2c(=O)n3ccccc3nc2n(CC2CCCO2)c1=NC(=O)C(C)(C)C. The molecule has 0 bridgehead atoms. The van der Waals surface area contributed by atoms with Crippen molar-refractivity contribution in [1.29, 1.82) is 0 Å². The summed E-state index contributed by atoms with van der Waals surface area (Å²) < 4.78 is 14.2. The Bertz CT molecular complexity index is 1360. The topological polar surface area (TPSA) is 104 Å². The first-order chi connectivity index (χ1) is 15.7. The molecule has 0 aromatic carbocycles. The predicted molar refractivity (Wildman–Crippen MR) is 122 cm³/mol. The Labute approximate surface area is 190 Å². The molecule has 174 valence electrons. The molecular formula is C24H28N4O5. The predicted octanol–water partition coefficient (Wildman–Crippen LogP) is 2.48. The Morgan fingerprint density at radius 3 is 2.76 bits per heavy atom. The molecule has 1 fully saturated rings. The molecule has 1 amide bonds. The molecule has 1 unspecified atom stereocenters. The molecule has 1 atom stereocenters. The first-order valence-electron chi connectivity index (χ1n) is 11.1. The molecule has 3 aromatic rings. The third-order valence-corrected chi connectivity index (χ3v) is 5.54. The Kier molecular flexibility index (Phi) is 6.16. The summed E-state index contributed by atoms with van der Waals surface area (Å²) in [4.78, 5) is 48.2. The van der Waals surface area contributed by atoms with E-state index in [-0.39, 0.29) is 34.7 Å². The van der Waals surface area contributed by atoms with Crippen molar-refractivity contribution in [3.63, 3.8) is 0 Å². The van der Waals surface area contributed by atoms with Gasteiger partial charge in [-0.15, -0.1) is 0 Å². The van der Waals surface area contributed by atoms with Gasteiger partial charge >= 0.3 is 5.97 Å². The van der Waals surface area contributed by atoms with Crippen molar-refractivity contribution in [2.75, 3.05) is 13.2 Å². The Morgan fingerprint density at radius 1 is 1.30 bits per heavy atom. The summed E-state index contributed by atoms with van der Waals surface area (Å²) in [6, 6.07) is 6.69. The third-order valence-electron chi connectivity index (χ3n) is 5.54. The Hall–Kier alpha value is -3.33. The van der Waals surface area contributed by atoms with Crippen molar-refractivity contribution in [3.05, 3.63) is 51.9 Å². The van der Waals surface area contributed by atoms with Gasteiger partial charge < -0.3 is 14.0 Å². The fourth-order valence-corrected chi connectivity index (χ4v) is 3.79. The second-order valence-electron chi connectivity index (χ2n) is 9.10. The highest BCUT2D eigenvalue weighted by atomic mass is 16.5. The zero-order valence-electron chi connectivity index (χ0n) is 19.3. The molecule has 4 heterocycles.